The van der Waals surface area contributed by atoms with Crippen molar-refractivity contribution in [3.05, 3.63) is 23.9 Å². The number of carbonyl (C=O) groups is 1. The first-order chi connectivity index (χ1) is 13.3. The summed E-state index contributed by atoms with van der Waals surface area (Å²) < 4.78 is 44.8. The molecule has 1 N–H and O–H groups in total. The summed E-state index contributed by atoms with van der Waals surface area (Å²) in [7, 11) is 1.70. The number of nitrogens with one attached hydrogen (secondary N) is 1. The smallest absolute Gasteiger partial charge is 0.417 e. The lowest BCUT2D eigenvalue weighted by Crippen LogP contribution is -2.40. The maximum Gasteiger partial charge on any atom is 0.417 e. The van der Waals surface area contributed by atoms with Crippen molar-refractivity contribution >= 4 is 17.7 Å². The van der Waals surface area contributed by atoms with Crippen LogP contribution in [-0.4, -0.2) is 49.0 Å². The van der Waals surface area contributed by atoms with Crippen molar-refractivity contribution in [2.24, 2.45) is 7.05 Å². The molecule has 28 heavy (non-hydrogen) atoms. The lowest BCUT2D eigenvalue weighted by atomic mass is 9.93. The van der Waals surface area contributed by atoms with E-state index in [-0.39, 0.29) is 29.7 Å². The van der Waals surface area contributed by atoms with Gasteiger partial charge in [-0.15, -0.1) is 5.10 Å². The topological polar surface area (TPSA) is 94.8 Å². The number of ether oxygens (including phenoxy) is 1. The minimum absolute atomic E-state index is 0.0473. The Morgan fingerprint density at radius 2 is 2.07 bits per heavy atom. The summed E-state index contributed by atoms with van der Waals surface area (Å²) in [5, 5.41) is 14.6. The maximum absolute atomic E-state index is 12.6. The average molecular weight is 416 g/mol. The predicted molar refractivity (Wildman–Crippen MR) is 93.6 cm³/mol. The molecule has 0 atom stereocenters. The van der Waals surface area contributed by atoms with Crippen LogP contribution in [0.25, 0.3) is 0 Å². The second-order valence-corrected chi connectivity index (χ2v) is 7.36. The molecule has 1 amide bonds. The molecule has 2 aromatic rings. The van der Waals surface area contributed by atoms with Crippen LogP contribution in [0.1, 0.15) is 31.2 Å². The Kier molecular flexibility index (Phi) is 6.37. The SMILES string of the molecule is Cn1nnnc1SCC(=O)NC1CCC(Oc2ccc(C(F)(F)F)cn2)CC1. The highest BCUT2D eigenvalue weighted by Gasteiger charge is 2.31. The van der Waals surface area contributed by atoms with Gasteiger partial charge in [0.05, 0.1) is 11.3 Å². The molecule has 0 radical (unpaired) electrons. The van der Waals surface area contributed by atoms with Crippen LogP contribution in [0.4, 0.5) is 13.2 Å². The number of rotatable bonds is 6. The van der Waals surface area contributed by atoms with E-state index in [0.29, 0.717) is 18.0 Å². The molecule has 2 aromatic heterocycles. The van der Waals surface area contributed by atoms with E-state index in [2.05, 4.69) is 25.8 Å². The highest BCUT2D eigenvalue weighted by Crippen LogP contribution is 2.30. The minimum Gasteiger partial charge on any atom is -0.474 e. The molecule has 1 saturated carbocycles. The third kappa shape index (κ3) is 5.57. The van der Waals surface area contributed by atoms with Crippen LogP contribution in [0.5, 0.6) is 5.88 Å². The van der Waals surface area contributed by atoms with Gasteiger partial charge in [0.1, 0.15) is 6.10 Å². The van der Waals surface area contributed by atoms with Gasteiger partial charge in [-0.1, -0.05) is 11.8 Å². The Bertz CT molecular complexity index is 790. The second-order valence-electron chi connectivity index (χ2n) is 6.42. The number of thioether (sulfide) groups is 1. The molecular weight excluding hydrogens is 397 g/mol. The van der Waals surface area contributed by atoms with Crippen LogP contribution in [0.15, 0.2) is 23.5 Å². The molecular formula is C16H19F3N6O2S. The van der Waals surface area contributed by atoms with Crippen LogP contribution in [0.2, 0.25) is 0 Å². The molecule has 1 aliphatic carbocycles. The van der Waals surface area contributed by atoms with E-state index in [1.54, 1.807) is 7.05 Å². The van der Waals surface area contributed by atoms with Crippen LogP contribution in [-0.2, 0) is 18.0 Å². The van der Waals surface area contributed by atoms with E-state index < -0.39 is 11.7 Å². The summed E-state index contributed by atoms with van der Waals surface area (Å²) in [6.45, 7) is 0. The van der Waals surface area contributed by atoms with Crippen molar-refractivity contribution < 1.29 is 22.7 Å². The third-order valence-corrected chi connectivity index (χ3v) is 5.31. The predicted octanol–water partition coefficient (Wildman–Crippen LogP) is 2.22. The number of carbonyl (C=O) groups excluding carboxylic acids is 1. The standard InChI is InChI=1S/C16H19F3N6O2S/c1-25-15(22-23-24-25)28-9-13(26)21-11-3-5-12(6-4-11)27-14-7-2-10(8-20-14)16(17,18)19/h2,7-8,11-12H,3-6,9H2,1H3,(H,21,26). The minimum atomic E-state index is -4.41. The molecule has 12 heteroatoms. The van der Waals surface area contributed by atoms with E-state index in [1.165, 1.54) is 22.5 Å². The van der Waals surface area contributed by atoms with E-state index in [1.807, 2.05) is 0 Å². The molecule has 0 bridgehead atoms. The fourth-order valence-corrected chi connectivity index (χ4v) is 3.52. The van der Waals surface area contributed by atoms with Gasteiger partial charge in [0.15, 0.2) is 0 Å². The molecule has 8 nitrogen and oxygen atoms in total. The van der Waals surface area contributed by atoms with Crippen LogP contribution >= 0.6 is 11.8 Å². The largest absolute Gasteiger partial charge is 0.474 e. The maximum atomic E-state index is 12.6. The quantitative estimate of drug-likeness (QED) is 0.722. The number of nitrogens with zero attached hydrogens (tertiary/aromatic N) is 5. The first kappa shape index (κ1) is 20.4. The number of tetrazole rings is 1. The molecule has 3 rings (SSSR count). The van der Waals surface area contributed by atoms with Gasteiger partial charge in [-0.05, 0) is 42.2 Å². The van der Waals surface area contributed by atoms with Crippen molar-refractivity contribution in [3.63, 3.8) is 0 Å². The number of aromatic nitrogens is 5. The molecule has 1 aliphatic rings. The summed E-state index contributed by atoms with van der Waals surface area (Å²) in [5.74, 6) is 0.302. The van der Waals surface area contributed by atoms with Gasteiger partial charge in [0.25, 0.3) is 0 Å². The van der Waals surface area contributed by atoms with Crippen molar-refractivity contribution in [2.75, 3.05) is 5.75 Å². The summed E-state index contributed by atoms with van der Waals surface area (Å²) in [5.41, 5.74) is -0.804. The fraction of sp³-hybridized carbons (Fsp3) is 0.562. The van der Waals surface area contributed by atoms with E-state index in [9.17, 15) is 18.0 Å². The Morgan fingerprint density at radius 3 is 2.64 bits per heavy atom. The van der Waals surface area contributed by atoms with E-state index >= 15 is 0 Å². The first-order valence-electron chi connectivity index (χ1n) is 8.65. The van der Waals surface area contributed by atoms with E-state index in [0.717, 1.165) is 25.1 Å². The molecule has 0 saturated heterocycles. The van der Waals surface area contributed by atoms with Crippen LogP contribution in [0.3, 0.4) is 0 Å². The highest BCUT2D eigenvalue weighted by molar-refractivity contribution is 7.99. The van der Waals surface area contributed by atoms with Gasteiger partial charge < -0.3 is 10.1 Å². The average Bonchev–Trinajstić information content (AvgIpc) is 3.06. The molecule has 152 valence electrons. The number of hydrogen-bond donors (Lipinski definition) is 1. The van der Waals surface area contributed by atoms with Gasteiger partial charge in [-0.2, -0.15) is 13.2 Å². The number of amides is 1. The molecule has 0 unspecified atom stereocenters. The molecule has 0 aromatic carbocycles. The Labute approximate surface area is 163 Å². The number of pyridine rings is 1. The van der Waals surface area contributed by atoms with Gasteiger partial charge >= 0.3 is 6.18 Å². The number of halogens is 3. The third-order valence-electron chi connectivity index (χ3n) is 4.30. The lowest BCUT2D eigenvalue weighted by molar-refractivity contribution is -0.137. The summed E-state index contributed by atoms with van der Waals surface area (Å²) >= 11 is 1.26. The fourth-order valence-electron chi connectivity index (χ4n) is 2.86. The highest BCUT2D eigenvalue weighted by atomic mass is 32.2. The van der Waals surface area contributed by atoms with Crippen molar-refractivity contribution in [2.45, 2.75) is 49.2 Å². The summed E-state index contributed by atoms with van der Waals surface area (Å²) in [6.07, 6.45) is -0.936. The van der Waals surface area contributed by atoms with Gasteiger partial charge in [-0.3, -0.25) is 4.79 Å². The summed E-state index contributed by atoms with van der Waals surface area (Å²) in [6, 6.07) is 2.24. The molecule has 0 aliphatic heterocycles. The van der Waals surface area contributed by atoms with Gasteiger partial charge in [-0.25, -0.2) is 9.67 Å². The first-order valence-corrected chi connectivity index (χ1v) is 9.64. The van der Waals surface area contributed by atoms with E-state index in [4.69, 9.17) is 4.74 Å². The van der Waals surface area contributed by atoms with Crippen LogP contribution < -0.4 is 10.1 Å². The van der Waals surface area contributed by atoms with Crippen molar-refractivity contribution in [1.29, 1.82) is 0 Å². The van der Waals surface area contributed by atoms with Gasteiger partial charge in [0, 0.05) is 25.4 Å². The Morgan fingerprint density at radius 1 is 1.32 bits per heavy atom. The normalized spacial score (nSPS) is 20.0. The zero-order chi connectivity index (χ0) is 20.1. The number of aryl methyl sites for hydroxylation is 1. The lowest BCUT2D eigenvalue weighted by Gasteiger charge is -2.29. The van der Waals surface area contributed by atoms with Crippen molar-refractivity contribution in [1.82, 2.24) is 30.5 Å². The van der Waals surface area contributed by atoms with Gasteiger partial charge in [0.2, 0.25) is 16.9 Å². The Balaban J connectivity index is 1.39. The number of alkyl halides is 3. The zero-order valence-electron chi connectivity index (χ0n) is 15.0. The Hall–Kier alpha value is -2.37. The zero-order valence-corrected chi connectivity index (χ0v) is 15.8. The van der Waals surface area contributed by atoms with Crippen molar-refractivity contribution in [3.8, 4) is 5.88 Å². The monoisotopic (exact) mass is 416 g/mol. The number of hydrogen-bond acceptors (Lipinski definition) is 7. The molecule has 2 heterocycles. The molecule has 0 spiro atoms. The van der Waals surface area contributed by atoms with Crippen LogP contribution in [0, 0.1) is 0 Å². The summed E-state index contributed by atoms with van der Waals surface area (Å²) in [4.78, 5) is 15.8. The second kappa shape index (κ2) is 8.76. The molecule has 1 fully saturated rings.